The Kier molecular flexibility index (Phi) is 4.23. The average molecular weight is 345 g/mol. The standard InChI is InChI=1S/C19H24FN3O2/c20-14-6-1-2-7-16(14)23-10-8-15(17(23)24)22-18(25)19-9-4-3-5-13(19)11-21-12-19/h1-2,6-7,13,15,21H,3-5,8-12H2,(H,22,25)/t13-,15?,19+/m0/s1. The van der Waals surface area contributed by atoms with Gasteiger partial charge in [0, 0.05) is 13.1 Å². The lowest BCUT2D eigenvalue weighted by Crippen LogP contribution is -2.52. The van der Waals surface area contributed by atoms with E-state index in [0.29, 0.717) is 31.1 Å². The van der Waals surface area contributed by atoms with E-state index in [1.54, 1.807) is 18.2 Å². The van der Waals surface area contributed by atoms with Crippen LogP contribution in [0.3, 0.4) is 0 Å². The summed E-state index contributed by atoms with van der Waals surface area (Å²) in [6.07, 6.45) is 4.71. The van der Waals surface area contributed by atoms with Gasteiger partial charge in [-0.1, -0.05) is 25.0 Å². The summed E-state index contributed by atoms with van der Waals surface area (Å²) in [5.41, 5.74) is -0.0790. The molecule has 5 nitrogen and oxygen atoms in total. The van der Waals surface area contributed by atoms with Crippen LogP contribution in [-0.2, 0) is 9.59 Å². The third-order valence-corrected chi connectivity index (χ3v) is 6.14. The zero-order chi connectivity index (χ0) is 17.4. The van der Waals surface area contributed by atoms with Gasteiger partial charge in [-0.2, -0.15) is 0 Å². The third kappa shape index (κ3) is 2.72. The van der Waals surface area contributed by atoms with E-state index in [4.69, 9.17) is 0 Å². The number of anilines is 1. The Hall–Kier alpha value is -1.95. The molecule has 2 heterocycles. The summed E-state index contributed by atoms with van der Waals surface area (Å²) in [5.74, 6) is -0.265. The molecule has 2 N–H and O–H groups in total. The van der Waals surface area contributed by atoms with Crippen LogP contribution in [0.15, 0.2) is 24.3 Å². The number of carbonyl (C=O) groups is 2. The van der Waals surface area contributed by atoms with Gasteiger partial charge in [-0.25, -0.2) is 4.39 Å². The molecule has 1 aromatic carbocycles. The fourth-order valence-electron chi connectivity index (χ4n) is 4.72. The summed E-state index contributed by atoms with van der Waals surface area (Å²) in [5, 5.41) is 6.35. The van der Waals surface area contributed by atoms with Crippen LogP contribution >= 0.6 is 0 Å². The van der Waals surface area contributed by atoms with Gasteiger partial charge in [0.2, 0.25) is 11.8 Å². The summed E-state index contributed by atoms with van der Waals surface area (Å²) in [6, 6.07) is 5.73. The highest BCUT2D eigenvalue weighted by Gasteiger charge is 2.51. The van der Waals surface area contributed by atoms with Gasteiger partial charge in [-0.05, 0) is 43.9 Å². The highest BCUT2D eigenvalue weighted by molar-refractivity contribution is 6.02. The Balaban J connectivity index is 1.48. The van der Waals surface area contributed by atoms with Crippen LogP contribution in [0.5, 0.6) is 0 Å². The fraction of sp³-hybridized carbons (Fsp3) is 0.579. The van der Waals surface area contributed by atoms with Crippen molar-refractivity contribution in [2.75, 3.05) is 24.5 Å². The molecule has 25 heavy (non-hydrogen) atoms. The number of benzene rings is 1. The van der Waals surface area contributed by atoms with Crippen LogP contribution in [-0.4, -0.2) is 37.5 Å². The van der Waals surface area contributed by atoms with E-state index >= 15 is 0 Å². The van der Waals surface area contributed by atoms with Gasteiger partial charge in [0.15, 0.2) is 0 Å². The molecule has 0 spiro atoms. The Morgan fingerprint density at radius 3 is 2.96 bits per heavy atom. The van der Waals surface area contributed by atoms with Gasteiger partial charge in [0.25, 0.3) is 0 Å². The maximum Gasteiger partial charge on any atom is 0.249 e. The number of nitrogens with one attached hydrogen (secondary N) is 2. The van der Waals surface area contributed by atoms with Gasteiger partial charge < -0.3 is 15.5 Å². The van der Waals surface area contributed by atoms with E-state index in [1.807, 2.05) is 0 Å². The van der Waals surface area contributed by atoms with Gasteiger partial charge in [-0.15, -0.1) is 0 Å². The predicted molar refractivity (Wildman–Crippen MR) is 92.6 cm³/mol. The molecular formula is C19H24FN3O2. The molecule has 2 amide bonds. The summed E-state index contributed by atoms with van der Waals surface area (Å²) in [7, 11) is 0. The van der Waals surface area contributed by atoms with Gasteiger partial charge in [-0.3, -0.25) is 9.59 Å². The summed E-state index contributed by atoms with van der Waals surface area (Å²) in [4.78, 5) is 27.2. The second-order valence-electron chi connectivity index (χ2n) is 7.49. The number of para-hydroxylation sites is 1. The first kappa shape index (κ1) is 16.5. The second kappa shape index (κ2) is 6.41. The van der Waals surface area contributed by atoms with E-state index in [-0.39, 0.29) is 17.2 Å². The minimum Gasteiger partial charge on any atom is -0.344 e. The minimum absolute atomic E-state index is 0.00377. The molecule has 3 atom stereocenters. The lowest BCUT2D eigenvalue weighted by Gasteiger charge is -2.37. The molecule has 2 saturated heterocycles. The first-order valence-corrected chi connectivity index (χ1v) is 9.19. The fourth-order valence-corrected chi connectivity index (χ4v) is 4.72. The maximum absolute atomic E-state index is 14.0. The maximum atomic E-state index is 14.0. The summed E-state index contributed by atoms with van der Waals surface area (Å²) in [6.45, 7) is 2.01. The quantitative estimate of drug-likeness (QED) is 0.879. The van der Waals surface area contributed by atoms with Crippen LogP contribution in [0.1, 0.15) is 32.1 Å². The Labute approximate surface area is 147 Å². The first-order chi connectivity index (χ1) is 12.1. The van der Waals surface area contributed by atoms with E-state index in [2.05, 4.69) is 10.6 Å². The topological polar surface area (TPSA) is 61.4 Å². The molecule has 4 rings (SSSR count). The van der Waals surface area contributed by atoms with Crippen LogP contribution in [0.2, 0.25) is 0 Å². The largest absolute Gasteiger partial charge is 0.344 e. The first-order valence-electron chi connectivity index (χ1n) is 9.19. The smallest absolute Gasteiger partial charge is 0.249 e. The Bertz CT molecular complexity index is 695. The third-order valence-electron chi connectivity index (χ3n) is 6.14. The normalized spacial score (nSPS) is 31.9. The van der Waals surface area contributed by atoms with Crippen molar-refractivity contribution in [3.8, 4) is 0 Å². The van der Waals surface area contributed by atoms with E-state index in [0.717, 1.165) is 25.8 Å². The molecule has 0 bridgehead atoms. The number of rotatable bonds is 3. The number of amides is 2. The molecule has 2 aliphatic heterocycles. The highest BCUT2D eigenvalue weighted by atomic mass is 19.1. The van der Waals surface area contributed by atoms with Crippen LogP contribution in [0, 0.1) is 17.2 Å². The molecule has 1 aromatic rings. The molecule has 0 radical (unpaired) electrons. The van der Waals surface area contributed by atoms with Crippen molar-refractivity contribution in [2.24, 2.45) is 11.3 Å². The molecule has 1 aliphatic carbocycles. The lowest BCUT2D eigenvalue weighted by atomic mass is 9.67. The number of carbonyl (C=O) groups excluding carboxylic acids is 2. The summed E-state index contributed by atoms with van der Waals surface area (Å²) >= 11 is 0. The number of halogens is 1. The SMILES string of the molecule is O=C1C(NC(=O)[C@@]23CCCC[C@H]2CNC3)CCN1c1ccccc1F. The number of hydrogen-bond acceptors (Lipinski definition) is 3. The van der Waals surface area contributed by atoms with Crippen molar-refractivity contribution in [3.63, 3.8) is 0 Å². The zero-order valence-corrected chi connectivity index (χ0v) is 14.3. The average Bonchev–Trinajstić information content (AvgIpc) is 3.21. The van der Waals surface area contributed by atoms with Crippen molar-refractivity contribution in [3.05, 3.63) is 30.1 Å². The summed E-state index contributed by atoms with van der Waals surface area (Å²) < 4.78 is 14.0. The molecule has 3 fully saturated rings. The number of fused-ring (bicyclic) bond motifs is 1. The minimum atomic E-state index is -0.551. The lowest BCUT2D eigenvalue weighted by molar-refractivity contribution is -0.136. The van der Waals surface area contributed by atoms with Crippen molar-refractivity contribution in [1.29, 1.82) is 0 Å². The van der Waals surface area contributed by atoms with Crippen molar-refractivity contribution in [2.45, 2.75) is 38.1 Å². The van der Waals surface area contributed by atoms with Crippen LogP contribution < -0.4 is 15.5 Å². The second-order valence-corrected chi connectivity index (χ2v) is 7.49. The van der Waals surface area contributed by atoms with Crippen LogP contribution in [0.4, 0.5) is 10.1 Å². The Morgan fingerprint density at radius 1 is 1.28 bits per heavy atom. The molecular weight excluding hydrogens is 321 g/mol. The van der Waals surface area contributed by atoms with Gasteiger partial charge in [0.05, 0.1) is 11.1 Å². The molecule has 134 valence electrons. The van der Waals surface area contributed by atoms with Gasteiger partial charge in [0.1, 0.15) is 11.9 Å². The predicted octanol–water partition coefficient (Wildman–Crippen LogP) is 1.83. The molecule has 0 aromatic heterocycles. The van der Waals surface area contributed by atoms with E-state index < -0.39 is 11.9 Å². The molecule has 1 unspecified atom stereocenters. The van der Waals surface area contributed by atoms with Crippen LogP contribution in [0.25, 0.3) is 0 Å². The Morgan fingerprint density at radius 2 is 2.12 bits per heavy atom. The van der Waals surface area contributed by atoms with Gasteiger partial charge >= 0.3 is 0 Å². The van der Waals surface area contributed by atoms with Crippen molar-refractivity contribution in [1.82, 2.24) is 10.6 Å². The monoisotopic (exact) mass is 345 g/mol. The van der Waals surface area contributed by atoms with Crippen molar-refractivity contribution < 1.29 is 14.0 Å². The number of hydrogen-bond donors (Lipinski definition) is 2. The molecule has 1 saturated carbocycles. The molecule has 6 heteroatoms. The number of nitrogens with zero attached hydrogens (tertiary/aromatic N) is 1. The zero-order valence-electron chi connectivity index (χ0n) is 14.3. The molecule has 3 aliphatic rings. The van der Waals surface area contributed by atoms with E-state index in [1.165, 1.54) is 17.4 Å². The highest BCUT2D eigenvalue weighted by Crippen LogP contribution is 2.44. The van der Waals surface area contributed by atoms with E-state index in [9.17, 15) is 14.0 Å². The van der Waals surface area contributed by atoms with Crippen molar-refractivity contribution >= 4 is 17.5 Å².